The highest BCUT2D eigenvalue weighted by Gasteiger charge is 2.41. The highest BCUT2D eigenvalue weighted by Crippen LogP contribution is 2.60. The fourth-order valence-electron chi connectivity index (χ4n) is 6.22. The van der Waals surface area contributed by atoms with Crippen LogP contribution in [0.15, 0.2) is 12.7 Å². The van der Waals surface area contributed by atoms with Crippen molar-refractivity contribution in [1.82, 2.24) is 19.5 Å². The smallest absolute Gasteiger partial charge is 0.306 e. The van der Waals surface area contributed by atoms with Crippen LogP contribution >= 0.6 is 23.5 Å². The average molecular weight is 980 g/mol. The first-order valence-electron chi connectivity index (χ1n) is 22.8. The number of nitrogens with one attached hydrogen (secondary N) is 4. The number of nitrogens with two attached hydrogens (primary N) is 1. The molecule has 2 aromatic rings. The van der Waals surface area contributed by atoms with Gasteiger partial charge in [-0.05, 0) is 89.0 Å². The van der Waals surface area contributed by atoms with Gasteiger partial charge in [-0.25, -0.2) is 19.3 Å². The summed E-state index contributed by atoms with van der Waals surface area (Å²) in [6.45, 7) is 44.6. The molecule has 0 aliphatic carbocycles. The van der Waals surface area contributed by atoms with Crippen LogP contribution in [0.1, 0.15) is 116 Å². The maximum atomic E-state index is 12.2. The van der Waals surface area contributed by atoms with E-state index in [1.54, 1.807) is 33.4 Å². The van der Waals surface area contributed by atoms with E-state index < -0.39 is 54.5 Å². The summed E-state index contributed by atoms with van der Waals surface area (Å²) in [6.07, 6.45) is -0.715. The predicted molar refractivity (Wildman–Crippen MR) is 239 cm³/mol. The minimum absolute atomic E-state index is 0.0179. The second kappa shape index (κ2) is 34.3. The van der Waals surface area contributed by atoms with Crippen LogP contribution in [0.2, 0.25) is 0 Å². The monoisotopic (exact) mass is 980 g/mol. The zero-order valence-corrected chi connectivity index (χ0v) is 43.8. The Kier molecular flexibility index (Phi) is 34.4. The third kappa shape index (κ3) is 27.6. The van der Waals surface area contributed by atoms with Crippen molar-refractivity contribution in [2.75, 3.05) is 90.9 Å². The molecule has 5 atom stereocenters. The third-order valence-corrected chi connectivity index (χ3v) is 14.2. The van der Waals surface area contributed by atoms with Gasteiger partial charge in [-0.2, -0.15) is 0 Å². The molecular weight excluding hydrogens is 895 g/mol. The minimum atomic E-state index is -6.14. The van der Waals surface area contributed by atoms with Crippen LogP contribution in [0.4, 0.5) is 5.82 Å². The highest BCUT2D eigenvalue weighted by molar-refractivity contribution is 7.64. The van der Waals surface area contributed by atoms with Crippen molar-refractivity contribution in [2.24, 2.45) is 5.92 Å². The summed E-state index contributed by atoms with van der Waals surface area (Å²) in [7, 11) is -18.1. The van der Waals surface area contributed by atoms with Gasteiger partial charge < -0.3 is 63.5 Å². The van der Waals surface area contributed by atoms with Gasteiger partial charge in [-0.3, -0.25) is 22.8 Å². The number of anilines is 1. The fraction of sp³-hybridized carbons (Fsp3) is 0.846. The van der Waals surface area contributed by atoms with Gasteiger partial charge in [0.1, 0.15) is 30.3 Å². The van der Waals surface area contributed by atoms with E-state index in [1.807, 2.05) is 0 Å². The Bertz CT molecular complexity index is 1590. The van der Waals surface area contributed by atoms with Crippen molar-refractivity contribution in [2.45, 2.75) is 128 Å². The molecule has 3 heterocycles. The summed E-state index contributed by atoms with van der Waals surface area (Å²) in [6, 6.07) is 0. The number of phosphoric ester groups is 1. The molecule has 0 amide bonds. The summed E-state index contributed by atoms with van der Waals surface area (Å²) in [5, 5.41) is 0. The molecule has 0 saturated carbocycles. The number of carbonyl (C=O) groups is 1. The van der Waals surface area contributed by atoms with Crippen LogP contribution in [-0.4, -0.2) is 123 Å². The lowest BCUT2D eigenvalue weighted by Crippen LogP contribution is -3.11. The van der Waals surface area contributed by atoms with Gasteiger partial charge in [0.25, 0.3) is 15.6 Å². The van der Waals surface area contributed by atoms with Crippen molar-refractivity contribution in [3.05, 3.63) is 12.7 Å². The largest absolute Gasteiger partial charge is 0.790 e. The van der Waals surface area contributed by atoms with E-state index in [1.165, 1.54) is 95.8 Å². The number of aromatic nitrogens is 4. The summed E-state index contributed by atoms with van der Waals surface area (Å²) < 4.78 is 57.5. The number of quaternary nitrogens is 4. The van der Waals surface area contributed by atoms with Crippen molar-refractivity contribution >= 4 is 46.4 Å². The number of ether oxygens (including phenoxy) is 2. The van der Waals surface area contributed by atoms with Gasteiger partial charge in [-0.15, -0.1) is 0 Å². The van der Waals surface area contributed by atoms with Gasteiger partial charge >= 0.3 is 5.97 Å². The van der Waals surface area contributed by atoms with Crippen LogP contribution in [-0.2, 0) is 41.1 Å². The minimum Gasteiger partial charge on any atom is -0.790 e. The van der Waals surface area contributed by atoms with E-state index >= 15 is 0 Å². The third-order valence-electron chi connectivity index (χ3n) is 10.5. The van der Waals surface area contributed by atoms with Crippen molar-refractivity contribution in [3.8, 4) is 0 Å². The Morgan fingerprint density at radius 1 is 0.719 bits per heavy atom. The average Bonchev–Trinajstić information content (AvgIpc) is 3.84. The molecule has 0 aromatic carbocycles. The quantitative estimate of drug-likeness (QED) is 0.0606. The van der Waals surface area contributed by atoms with Crippen LogP contribution < -0.4 is 44.9 Å². The normalized spacial score (nSPS) is 18.0. The Labute approximate surface area is 383 Å². The molecule has 64 heavy (non-hydrogen) atoms. The van der Waals surface area contributed by atoms with Crippen LogP contribution in [0.5, 0.6) is 0 Å². The van der Waals surface area contributed by atoms with E-state index in [4.69, 9.17) is 15.2 Å². The van der Waals surface area contributed by atoms with Gasteiger partial charge in [0, 0.05) is 12.8 Å². The molecular formula is C39H84N9O13P3. The number of fused-ring (bicyclic) bond motifs is 1. The van der Waals surface area contributed by atoms with E-state index in [2.05, 4.69) is 111 Å². The molecule has 2 aromatic heterocycles. The lowest BCUT2D eigenvalue weighted by molar-refractivity contribution is -0.894. The molecule has 2 unspecified atom stereocenters. The van der Waals surface area contributed by atoms with E-state index in [-0.39, 0.29) is 35.7 Å². The molecule has 378 valence electrons. The van der Waals surface area contributed by atoms with Gasteiger partial charge in [0.2, 0.25) is 0 Å². The molecule has 0 spiro atoms. The number of phosphoric acid groups is 3. The summed E-state index contributed by atoms with van der Waals surface area (Å²) in [5.41, 5.74) is 6.29. The number of nitrogen functional groups attached to an aromatic ring is 1. The topological polar surface area (TPSA) is 294 Å². The zero-order chi connectivity index (χ0) is 49.7. The SMILES string of the molecule is CC(C)CC(=O)O[C@H]1C[C@H](n2cnc3c(N)ncnc32)O[C@@H]1COP(=O)([O-])OP(=O)([O-])OP(=O)([O-])[O-].CC[NH+](CC)CC.CC[NH+](CC)CC.CC[NH+](CC)CC.CC[NH+](CC)CC. The second-order valence-electron chi connectivity index (χ2n) is 15.1. The summed E-state index contributed by atoms with van der Waals surface area (Å²) >= 11 is 0. The lowest BCUT2D eigenvalue weighted by atomic mass is 10.1. The molecule has 6 N–H and O–H groups in total. The highest BCUT2D eigenvalue weighted by atomic mass is 31.3. The van der Waals surface area contributed by atoms with Crippen molar-refractivity contribution in [3.63, 3.8) is 0 Å². The van der Waals surface area contributed by atoms with Crippen molar-refractivity contribution < 1.29 is 80.3 Å². The Morgan fingerprint density at radius 3 is 1.50 bits per heavy atom. The van der Waals surface area contributed by atoms with E-state index in [0.717, 1.165) is 0 Å². The molecule has 22 nitrogen and oxygen atoms in total. The maximum Gasteiger partial charge on any atom is 0.306 e. The van der Waals surface area contributed by atoms with Crippen LogP contribution in [0, 0.1) is 5.92 Å². The van der Waals surface area contributed by atoms with Gasteiger partial charge in [0.15, 0.2) is 11.5 Å². The zero-order valence-electron chi connectivity index (χ0n) is 41.1. The number of carbonyl (C=O) groups excluding carboxylic acids is 1. The van der Waals surface area contributed by atoms with Crippen molar-refractivity contribution in [1.29, 1.82) is 0 Å². The Morgan fingerprint density at radius 2 is 1.14 bits per heavy atom. The number of imidazole rings is 1. The number of hydrogen-bond donors (Lipinski definition) is 5. The molecule has 1 fully saturated rings. The standard InChI is InChI=1S/C15H24N5O13P3.4C6H15N/c1-8(2)3-12(21)31-9-4-11(20-7-19-13-14(16)17-6-18-15(13)20)30-10(9)5-29-35(25,26)33-36(27,28)32-34(22,23)24;4*1-4-7(5-2)6-3/h6-11H,3-5H2,1-2H3,(H,25,26)(H,27,28)(H2,16,17,18)(H2,22,23,24);4*4-6H2,1-3H3/t9-,10+,11+;;;;/m0..../s1. The molecule has 0 bridgehead atoms. The fourth-order valence-corrected chi connectivity index (χ4v) is 9.09. The van der Waals surface area contributed by atoms with Gasteiger partial charge in [0.05, 0.1) is 99.3 Å². The maximum absolute atomic E-state index is 12.2. The Hall–Kier alpha value is -1.97. The first-order chi connectivity index (χ1) is 29.9. The molecule has 1 aliphatic heterocycles. The van der Waals surface area contributed by atoms with Gasteiger partial charge in [-0.1, -0.05) is 13.8 Å². The van der Waals surface area contributed by atoms with Crippen LogP contribution in [0.25, 0.3) is 11.2 Å². The van der Waals surface area contributed by atoms with Crippen LogP contribution in [0.3, 0.4) is 0 Å². The Balaban J connectivity index is 0. The molecule has 3 rings (SSSR count). The molecule has 1 saturated heterocycles. The van der Waals surface area contributed by atoms with E-state index in [0.29, 0.717) is 0 Å². The lowest BCUT2D eigenvalue weighted by Gasteiger charge is -2.37. The van der Waals surface area contributed by atoms with E-state index in [9.17, 15) is 38.1 Å². The number of hydrogen-bond acceptors (Lipinski definition) is 17. The number of nitrogens with zero attached hydrogens (tertiary/aromatic N) is 4. The summed E-state index contributed by atoms with van der Waals surface area (Å²) in [5.74, 6) is -0.583. The molecule has 25 heteroatoms. The molecule has 1 aliphatic rings. The number of rotatable bonds is 23. The molecule has 0 radical (unpaired) electrons. The first kappa shape index (κ1) is 64.1. The summed E-state index contributed by atoms with van der Waals surface area (Å²) in [4.78, 5) is 75.1. The first-order valence-corrected chi connectivity index (χ1v) is 27.2. The number of esters is 1. The second-order valence-corrected chi connectivity index (χ2v) is 19.4. The predicted octanol–water partition coefficient (Wildman–Crippen LogP) is -1.81.